The summed E-state index contributed by atoms with van der Waals surface area (Å²) in [5.41, 5.74) is -1.10. The molecular formula is C22H25F2N3O5. The Morgan fingerprint density at radius 3 is 2.75 bits per heavy atom. The van der Waals surface area contributed by atoms with Crippen molar-refractivity contribution in [3.63, 3.8) is 0 Å². The van der Waals surface area contributed by atoms with E-state index in [1.807, 2.05) is 0 Å². The minimum atomic E-state index is -1.65. The molecule has 2 fully saturated rings. The van der Waals surface area contributed by atoms with Crippen LogP contribution in [0.15, 0.2) is 36.8 Å². The van der Waals surface area contributed by atoms with Crippen molar-refractivity contribution in [2.45, 2.75) is 56.1 Å². The van der Waals surface area contributed by atoms with Crippen LogP contribution in [0.4, 0.5) is 8.78 Å². The molecule has 32 heavy (non-hydrogen) atoms. The molecule has 1 aromatic heterocycles. The summed E-state index contributed by atoms with van der Waals surface area (Å²) >= 11 is 0. The Morgan fingerprint density at radius 2 is 2.06 bits per heavy atom. The van der Waals surface area contributed by atoms with Gasteiger partial charge in [0.1, 0.15) is 17.5 Å². The number of carbonyl (C=O) groups excluding carboxylic acids is 1. The predicted octanol–water partition coefficient (Wildman–Crippen LogP) is 2.43. The van der Waals surface area contributed by atoms with Gasteiger partial charge in [-0.3, -0.25) is 14.8 Å². The first-order valence-corrected chi connectivity index (χ1v) is 10.6. The molecule has 2 aliphatic rings. The van der Waals surface area contributed by atoms with Gasteiger partial charge in [0.2, 0.25) is 0 Å². The fourth-order valence-corrected chi connectivity index (χ4v) is 3.80. The van der Waals surface area contributed by atoms with Crippen LogP contribution in [0.2, 0.25) is 0 Å². The second-order valence-corrected chi connectivity index (χ2v) is 8.01. The van der Waals surface area contributed by atoms with E-state index >= 15 is 0 Å². The van der Waals surface area contributed by atoms with E-state index < -0.39 is 35.3 Å². The standard InChI is InChI=1S/C22H25F2N3O5/c23-14-2-4-19(16(24)10-14)32-15-11-22(29,12-15)21(28)27-17(18-13-25-6-7-26-18)3-5-20-30-8-1-9-31-20/h2,4,6-7,10,13,15,17,20,29H,1,3,5,8-9,11-12H2,(H,27,28). The van der Waals surface area contributed by atoms with Gasteiger partial charge in [0, 0.05) is 37.7 Å². The molecule has 4 rings (SSSR count). The number of benzene rings is 1. The third kappa shape index (κ3) is 5.37. The van der Waals surface area contributed by atoms with Crippen LogP contribution in [0.3, 0.4) is 0 Å². The average Bonchev–Trinajstić information content (AvgIpc) is 2.78. The van der Waals surface area contributed by atoms with Crippen LogP contribution in [0.1, 0.15) is 43.8 Å². The van der Waals surface area contributed by atoms with Crippen molar-refractivity contribution in [3.05, 3.63) is 54.1 Å². The maximum Gasteiger partial charge on any atom is 0.252 e. The second-order valence-electron chi connectivity index (χ2n) is 8.01. The number of aromatic nitrogens is 2. The first-order valence-electron chi connectivity index (χ1n) is 10.6. The highest BCUT2D eigenvalue weighted by Crippen LogP contribution is 2.37. The number of nitrogens with one attached hydrogen (secondary N) is 1. The van der Waals surface area contributed by atoms with E-state index in [9.17, 15) is 18.7 Å². The van der Waals surface area contributed by atoms with Crippen molar-refractivity contribution in [2.24, 2.45) is 0 Å². The minimum Gasteiger partial charge on any atom is -0.487 e. The summed E-state index contributed by atoms with van der Waals surface area (Å²) in [6, 6.07) is 2.49. The van der Waals surface area contributed by atoms with E-state index in [1.54, 1.807) is 6.20 Å². The first kappa shape index (κ1) is 22.5. The topological polar surface area (TPSA) is 103 Å². The molecule has 1 aliphatic carbocycles. The fourth-order valence-electron chi connectivity index (χ4n) is 3.80. The van der Waals surface area contributed by atoms with Crippen LogP contribution in [0.5, 0.6) is 5.75 Å². The van der Waals surface area contributed by atoms with Gasteiger partial charge in [-0.1, -0.05) is 0 Å². The molecule has 1 unspecified atom stereocenters. The van der Waals surface area contributed by atoms with Gasteiger partial charge in [-0.05, 0) is 25.0 Å². The molecule has 10 heteroatoms. The van der Waals surface area contributed by atoms with Crippen LogP contribution >= 0.6 is 0 Å². The highest BCUT2D eigenvalue weighted by atomic mass is 19.1. The van der Waals surface area contributed by atoms with Gasteiger partial charge in [-0.25, -0.2) is 8.78 Å². The third-order valence-electron chi connectivity index (χ3n) is 5.57. The molecule has 1 aromatic carbocycles. The highest BCUT2D eigenvalue weighted by molar-refractivity contribution is 5.86. The van der Waals surface area contributed by atoms with Gasteiger partial charge in [0.25, 0.3) is 5.91 Å². The van der Waals surface area contributed by atoms with Gasteiger partial charge in [0.15, 0.2) is 17.9 Å². The summed E-state index contributed by atoms with van der Waals surface area (Å²) in [4.78, 5) is 21.2. The van der Waals surface area contributed by atoms with E-state index in [-0.39, 0.29) is 24.9 Å². The molecule has 1 saturated carbocycles. The molecule has 2 aromatic rings. The van der Waals surface area contributed by atoms with Gasteiger partial charge in [-0.2, -0.15) is 0 Å². The van der Waals surface area contributed by atoms with Gasteiger partial charge >= 0.3 is 0 Å². The first-order chi connectivity index (χ1) is 15.4. The van der Waals surface area contributed by atoms with Crippen LogP contribution < -0.4 is 10.1 Å². The van der Waals surface area contributed by atoms with Crippen molar-refractivity contribution in [2.75, 3.05) is 13.2 Å². The summed E-state index contributed by atoms with van der Waals surface area (Å²) in [5, 5.41) is 13.6. The van der Waals surface area contributed by atoms with E-state index in [0.717, 1.165) is 18.6 Å². The molecule has 1 saturated heterocycles. The number of hydrogen-bond acceptors (Lipinski definition) is 7. The fraction of sp³-hybridized carbons (Fsp3) is 0.500. The maximum atomic E-state index is 13.8. The molecule has 2 N–H and O–H groups in total. The van der Waals surface area contributed by atoms with E-state index in [2.05, 4.69) is 15.3 Å². The molecule has 1 atom stereocenters. The number of nitrogens with zero attached hydrogens (tertiary/aromatic N) is 2. The summed E-state index contributed by atoms with van der Waals surface area (Å²) in [6.45, 7) is 1.26. The van der Waals surface area contributed by atoms with E-state index in [1.165, 1.54) is 18.5 Å². The van der Waals surface area contributed by atoms with Crippen LogP contribution in [0, 0.1) is 11.6 Å². The number of amides is 1. The number of aliphatic hydroxyl groups is 1. The normalized spacial score (nSPS) is 24.4. The molecule has 2 heterocycles. The SMILES string of the molecule is O=C(NC(CCC1OCCCO1)c1cnccn1)C1(O)CC(Oc2ccc(F)cc2F)C1. The number of carbonyl (C=O) groups is 1. The molecular weight excluding hydrogens is 424 g/mol. The molecule has 172 valence electrons. The van der Waals surface area contributed by atoms with E-state index in [4.69, 9.17) is 14.2 Å². The van der Waals surface area contributed by atoms with Crippen LogP contribution in [-0.4, -0.2) is 52.2 Å². The zero-order valence-electron chi connectivity index (χ0n) is 17.4. The Balaban J connectivity index is 1.35. The van der Waals surface area contributed by atoms with Gasteiger partial charge in [-0.15, -0.1) is 0 Å². The second kappa shape index (κ2) is 9.85. The lowest BCUT2D eigenvalue weighted by atomic mass is 9.76. The zero-order valence-corrected chi connectivity index (χ0v) is 17.4. The third-order valence-corrected chi connectivity index (χ3v) is 5.57. The summed E-state index contributed by atoms with van der Waals surface area (Å²) in [7, 11) is 0. The average molecular weight is 449 g/mol. The largest absolute Gasteiger partial charge is 0.487 e. The van der Waals surface area contributed by atoms with Crippen LogP contribution in [0.25, 0.3) is 0 Å². The lowest BCUT2D eigenvalue weighted by Crippen LogP contribution is -2.59. The lowest BCUT2D eigenvalue weighted by molar-refractivity contribution is -0.182. The number of halogens is 2. The smallest absolute Gasteiger partial charge is 0.252 e. The zero-order chi connectivity index (χ0) is 22.6. The van der Waals surface area contributed by atoms with Crippen LogP contribution in [-0.2, 0) is 14.3 Å². The molecule has 1 amide bonds. The molecule has 0 radical (unpaired) electrons. The Labute approximate surface area is 183 Å². The minimum absolute atomic E-state index is 0.0162. The Morgan fingerprint density at radius 1 is 1.28 bits per heavy atom. The summed E-state index contributed by atoms with van der Waals surface area (Å²) < 4.78 is 43.4. The number of hydrogen-bond donors (Lipinski definition) is 2. The number of rotatable bonds is 8. The van der Waals surface area contributed by atoms with Gasteiger partial charge < -0.3 is 24.6 Å². The molecule has 8 nitrogen and oxygen atoms in total. The Bertz CT molecular complexity index is 921. The van der Waals surface area contributed by atoms with E-state index in [0.29, 0.717) is 31.7 Å². The highest BCUT2D eigenvalue weighted by Gasteiger charge is 2.51. The Hall–Kier alpha value is -2.69. The molecule has 0 spiro atoms. The van der Waals surface area contributed by atoms with Crippen molar-refractivity contribution < 1.29 is 32.9 Å². The van der Waals surface area contributed by atoms with Crippen molar-refractivity contribution >= 4 is 5.91 Å². The quantitative estimate of drug-likeness (QED) is 0.638. The summed E-state index contributed by atoms with van der Waals surface area (Å²) in [6.07, 6.45) is 5.53. The Kier molecular flexibility index (Phi) is 6.92. The lowest BCUT2D eigenvalue weighted by Gasteiger charge is -2.42. The van der Waals surface area contributed by atoms with Crippen molar-refractivity contribution in [1.82, 2.24) is 15.3 Å². The molecule has 1 aliphatic heterocycles. The van der Waals surface area contributed by atoms with Crippen molar-refractivity contribution in [3.8, 4) is 5.75 Å². The maximum absolute atomic E-state index is 13.8. The molecule has 0 bridgehead atoms. The monoisotopic (exact) mass is 449 g/mol. The predicted molar refractivity (Wildman–Crippen MR) is 107 cm³/mol. The number of ether oxygens (including phenoxy) is 3. The summed E-state index contributed by atoms with van der Waals surface area (Å²) in [5.74, 6) is -2.24. The van der Waals surface area contributed by atoms with Gasteiger partial charge in [0.05, 0.1) is 31.1 Å². The van der Waals surface area contributed by atoms with Crippen molar-refractivity contribution in [1.29, 1.82) is 0 Å².